The molecule has 16 heavy (non-hydrogen) atoms. The van der Waals surface area contributed by atoms with Crippen molar-refractivity contribution in [2.24, 2.45) is 5.92 Å². The van der Waals surface area contributed by atoms with Crippen molar-refractivity contribution in [1.29, 1.82) is 0 Å². The summed E-state index contributed by atoms with van der Waals surface area (Å²) in [6.45, 7) is 9.40. The molecule has 0 aromatic rings. The Hall–Kier alpha value is -0.610. The van der Waals surface area contributed by atoms with Crippen molar-refractivity contribution < 1.29 is 9.53 Å². The molecule has 2 aliphatic heterocycles. The highest BCUT2D eigenvalue weighted by atomic mass is 16.5. The fraction of sp³-hybridized carbons (Fsp3) is 0.917. The van der Waals surface area contributed by atoms with Gasteiger partial charge in [-0.1, -0.05) is 0 Å². The van der Waals surface area contributed by atoms with Gasteiger partial charge in [0.2, 0.25) is 5.91 Å². The van der Waals surface area contributed by atoms with E-state index < -0.39 is 0 Å². The Morgan fingerprint density at radius 3 is 2.81 bits per heavy atom. The van der Waals surface area contributed by atoms with Crippen molar-refractivity contribution in [2.45, 2.75) is 38.9 Å². The van der Waals surface area contributed by atoms with Gasteiger partial charge in [0, 0.05) is 19.6 Å². The van der Waals surface area contributed by atoms with Crippen LogP contribution in [0.5, 0.6) is 0 Å². The van der Waals surface area contributed by atoms with Gasteiger partial charge in [-0.05, 0) is 33.7 Å². The molecule has 0 aromatic carbocycles. The molecule has 1 amide bonds. The lowest BCUT2D eigenvalue weighted by atomic mass is 10.0. The Morgan fingerprint density at radius 2 is 2.25 bits per heavy atom. The minimum Gasteiger partial charge on any atom is -0.369 e. The number of ether oxygens (including phenoxy) is 1. The van der Waals surface area contributed by atoms with Crippen molar-refractivity contribution in [3.8, 4) is 0 Å². The summed E-state index contributed by atoms with van der Waals surface area (Å²) in [5, 5.41) is 3.25. The molecular formula is C12H22N2O2. The molecular weight excluding hydrogens is 204 g/mol. The van der Waals surface area contributed by atoms with Gasteiger partial charge in [0.1, 0.15) is 0 Å². The molecule has 0 radical (unpaired) electrons. The molecule has 0 aromatic heterocycles. The van der Waals surface area contributed by atoms with Crippen LogP contribution in [0.3, 0.4) is 0 Å². The Kier molecular flexibility index (Phi) is 3.22. The third-order valence-corrected chi connectivity index (χ3v) is 3.29. The average Bonchev–Trinajstić information content (AvgIpc) is 2.65. The molecule has 0 aliphatic carbocycles. The van der Waals surface area contributed by atoms with Crippen molar-refractivity contribution in [3.05, 3.63) is 0 Å². The second-order valence-electron chi connectivity index (χ2n) is 5.60. The minimum absolute atomic E-state index is 0.141. The van der Waals surface area contributed by atoms with Gasteiger partial charge in [-0.15, -0.1) is 0 Å². The fourth-order valence-corrected chi connectivity index (χ4v) is 2.75. The first kappa shape index (κ1) is 11.9. The summed E-state index contributed by atoms with van der Waals surface area (Å²) >= 11 is 0. The van der Waals surface area contributed by atoms with Crippen LogP contribution < -0.4 is 5.32 Å². The van der Waals surface area contributed by atoms with E-state index >= 15 is 0 Å². The van der Waals surface area contributed by atoms with Crippen LogP contribution in [0.25, 0.3) is 0 Å². The highest BCUT2D eigenvalue weighted by Crippen LogP contribution is 2.23. The topological polar surface area (TPSA) is 41.6 Å². The van der Waals surface area contributed by atoms with Gasteiger partial charge in [-0.2, -0.15) is 0 Å². The number of carbonyl (C=O) groups excluding carboxylic acids is 1. The largest absolute Gasteiger partial charge is 0.369 e. The van der Waals surface area contributed by atoms with Gasteiger partial charge in [0.05, 0.1) is 17.6 Å². The van der Waals surface area contributed by atoms with Crippen LogP contribution >= 0.6 is 0 Å². The normalized spacial score (nSPS) is 34.1. The quantitative estimate of drug-likeness (QED) is 0.713. The van der Waals surface area contributed by atoms with Gasteiger partial charge in [0.25, 0.3) is 0 Å². The van der Waals surface area contributed by atoms with E-state index in [1.54, 1.807) is 0 Å². The molecule has 2 rings (SSSR count). The lowest BCUT2D eigenvalue weighted by Gasteiger charge is -2.42. The van der Waals surface area contributed by atoms with Crippen molar-refractivity contribution >= 4 is 5.91 Å². The summed E-state index contributed by atoms with van der Waals surface area (Å²) in [5.41, 5.74) is -0.209. The molecule has 2 saturated heterocycles. The van der Waals surface area contributed by atoms with E-state index in [0.717, 1.165) is 26.1 Å². The zero-order chi connectivity index (χ0) is 11.8. The fourth-order valence-electron chi connectivity index (χ4n) is 2.75. The summed E-state index contributed by atoms with van der Waals surface area (Å²) in [5.74, 6) is 0.481. The van der Waals surface area contributed by atoms with Crippen LogP contribution in [0.4, 0.5) is 0 Å². The zero-order valence-electron chi connectivity index (χ0n) is 10.5. The second kappa shape index (κ2) is 4.34. The smallest absolute Gasteiger partial charge is 0.227 e. The average molecular weight is 226 g/mol. The summed E-state index contributed by atoms with van der Waals surface area (Å²) in [4.78, 5) is 14.2. The molecule has 0 spiro atoms. The number of hydrogen-bond acceptors (Lipinski definition) is 3. The zero-order valence-corrected chi connectivity index (χ0v) is 10.5. The molecule has 1 N–H and O–H groups in total. The first-order valence-electron chi connectivity index (χ1n) is 6.15. The number of amides is 1. The molecule has 92 valence electrons. The highest BCUT2D eigenvalue weighted by Gasteiger charge is 2.36. The molecule has 2 fully saturated rings. The maximum atomic E-state index is 12.3. The van der Waals surface area contributed by atoms with Crippen molar-refractivity contribution in [2.75, 3.05) is 26.2 Å². The molecule has 2 aliphatic rings. The Morgan fingerprint density at radius 1 is 1.50 bits per heavy atom. The molecule has 2 unspecified atom stereocenters. The molecule has 2 heterocycles. The highest BCUT2D eigenvalue weighted by molar-refractivity contribution is 5.79. The lowest BCUT2D eigenvalue weighted by molar-refractivity contribution is -0.161. The third kappa shape index (κ3) is 2.55. The summed E-state index contributed by atoms with van der Waals surface area (Å²) < 4.78 is 5.81. The first-order chi connectivity index (χ1) is 7.48. The third-order valence-electron chi connectivity index (χ3n) is 3.29. The van der Waals surface area contributed by atoms with Crippen LogP contribution in [0.2, 0.25) is 0 Å². The summed E-state index contributed by atoms with van der Waals surface area (Å²) in [7, 11) is 0. The van der Waals surface area contributed by atoms with Crippen LogP contribution in [0, 0.1) is 5.92 Å². The van der Waals surface area contributed by atoms with E-state index in [2.05, 4.69) is 19.2 Å². The van der Waals surface area contributed by atoms with Gasteiger partial charge in [-0.3, -0.25) is 4.79 Å². The van der Waals surface area contributed by atoms with Crippen LogP contribution in [0.1, 0.15) is 27.2 Å². The van der Waals surface area contributed by atoms with Crippen LogP contribution in [-0.2, 0) is 9.53 Å². The first-order valence-corrected chi connectivity index (χ1v) is 6.15. The second-order valence-corrected chi connectivity index (χ2v) is 5.60. The molecule has 0 bridgehead atoms. The Balaban J connectivity index is 2.00. The number of hydrogen-bond donors (Lipinski definition) is 1. The van der Waals surface area contributed by atoms with E-state index in [1.165, 1.54) is 0 Å². The number of rotatable bonds is 1. The molecule has 0 saturated carbocycles. The van der Waals surface area contributed by atoms with E-state index in [0.29, 0.717) is 12.5 Å². The Labute approximate surface area is 97.3 Å². The molecule has 2 atom stereocenters. The maximum absolute atomic E-state index is 12.3. The summed E-state index contributed by atoms with van der Waals surface area (Å²) in [6.07, 6.45) is 1.12. The van der Waals surface area contributed by atoms with Crippen LogP contribution in [-0.4, -0.2) is 48.7 Å². The van der Waals surface area contributed by atoms with E-state index in [9.17, 15) is 4.79 Å². The SMILES string of the molecule is CC1CN(C(=O)C2CCNC2)CC(C)(C)O1. The molecule has 4 nitrogen and oxygen atoms in total. The number of nitrogens with zero attached hydrogens (tertiary/aromatic N) is 1. The standard InChI is InChI=1S/C12H22N2O2/c1-9-7-14(8-12(2,3)16-9)11(15)10-4-5-13-6-10/h9-10,13H,4-8H2,1-3H3. The van der Waals surface area contributed by atoms with Gasteiger partial charge >= 0.3 is 0 Å². The maximum Gasteiger partial charge on any atom is 0.227 e. The predicted molar refractivity (Wildman–Crippen MR) is 62.2 cm³/mol. The van der Waals surface area contributed by atoms with E-state index in [4.69, 9.17) is 4.74 Å². The predicted octanol–water partition coefficient (Wildman–Crippen LogP) is 0.622. The van der Waals surface area contributed by atoms with Crippen LogP contribution in [0.15, 0.2) is 0 Å². The number of carbonyl (C=O) groups is 1. The van der Waals surface area contributed by atoms with Crippen molar-refractivity contribution in [1.82, 2.24) is 10.2 Å². The minimum atomic E-state index is -0.209. The van der Waals surface area contributed by atoms with Crippen molar-refractivity contribution in [3.63, 3.8) is 0 Å². The monoisotopic (exact) mass is 226 g/mol. The van der Waals surface area contributed by atoms with Gasteiger partial charge < -0.3 is 15.0 Å². The molecule has 4 heteroatoms. The number of nitrogens with one attached hydrogen (secondary N) is 1. The summed E-state index contributed by atoms with van der Waals surface area (Å²) in [6, 6.07) is 0. The van der Waals surface area contributed by atoms with E-state index in [-0.39, 0.29) is 17.6 Å². The number of morpholine rings is 1. The Bertz CT molecular complexity index is 272. The van der Waals surface area contributed by atoms with Gasteiger partial charge in [0.15, 0.2) is 0 Å². The lowest BCUT2D eigenvalue weighted by Crippen LogP contribution is -2.55. The van der Waals surface area contributed by atoms with Gasteiger partial charge in [-0.25, -0.2) is 0 Å². The van der Waals surface area contributed by atoms with E-state index in [1.807, 2.05) is 11.8 Å².